The molecule has 2 rings (SSSR count). The Kier molecular flexibility index (Phi) is 3.45. The Morgan fingerprint density at radius 2 is 2.32 bits per heavy atom. The molecule has 0 fully saturated rings. The molecule has 4 N–H and O–H groups in total. The minimum absolute atomic E-state index is 0.308. The topological polar surface area (TPSA) is 127 Å². The fourth-order valence-corrected chi connectivity index (χ4v) is 1.75. The van der Waals surface area contributed by atoms with Gasteiger partial charge in [-0.2, -0.15) is 10.3 Å². The van der Waals surface area contributed by atoms with Crippen LogP contribution in [0.5, 0.6) is 0 Å². The van der Waals surface area contributed by atoms with Gasteiger partial charge in [-0.25, -0.2) is 0 Å². The lowest BCUT2D eigenvalue weighted by Gasteiger charge is -2.11. The van der Waals surface area contributed by atoms with E-state index in [1.165, 1.54) is 0 Å². The second-order valence-corrected chi connectivity index (χ2v) is 4.13. The SMILES string of the molecule is CCn1nc(C)c(N)c1C(=O)NC(C)c1nn[nH]n1. The third kappa shape index (κ3) is 2.39. The van der Waals surface area contributed by atoms with E-state index in [0.717, 1.165) is 0 Å². The zero-order valence-electron chi connectivity index (χ0n) is 11.0. The van der Waals surface area contributed by atoms with Crippen LogP contribution in [0.2, 0.25) is 0 Å². The summed E-state index contributed by atoms with van der Waals surface area (Å²) in [5.74, 6) is 0.100. The van der Waals surface area contributed by atoms with Gasteiger partial charge < -0.3 is 11.1 Å². The van der Waals surface area contributed by atoms with Crippen molar-refractivity contribution < 1.29 is 4.79 Å². The summed E-state index contributed by atoms with van der Waals surface area (Å²) in [7, 11) is 0. The second kappa shape index (κ2) is 5.04. The van der Waals surface area contributed by atoms with Crippen molar-refractivity contribution in [2.75, 3.05) is 5.73 Å². The predicted octanol–water partition coefficient (Wildman–Crippen LogP) is -0.202. The molecule has 0 saturated carbocycles. The maximum absolute atomic E-state index is 12.2. The Labute approximate surface area is 109 Å². The molecular weight excluding hydrogens is 248 g/mol. The lowest BCUT2D eigenvalue weighted by atomic mass is 10.2. The van der Waals surface area contributed by atoms with Gasteiger partial charge in [0.15, 0.2) is 5.82 Å². The van der Waals surface area contributed by atoms with Crippen LogP contribution in [0.1, 0.15) is 41.9 Å². The average molecular weight is 264 g/mol. The van der Waals surface area contributed by atoms with Gasteiger partial charge >= 0.3 is 0 Å². The Hall–Kier alpha value is -2.45. The van der Waals surface area contributed by atoms with Gasteiger partial charge in [0.25, 0.3) is 5.91 Å². The monoisotopic (exact) mass is 264 g/mol. The van der Waals surface area contributed by atoms with E-state index in [4.69, 9.17) is 5.73 Å². The van der Waals surface area contributed by atoms with E-state index in [-0.39, 0.29) is 11.9 Å². The summed E-state index contributed by atoms with van der Waals surface area (Å²) in [4.78, 5) is 12.2. The minimum Gasteiger partial charge on any atom is -0.395 e. The molecule has 9 nitrogen and oxygen atoms in total. The summed E-state index contributed by atoms with van der Waals surface area (Å²) in [6.07, 6.45) is 0. The summed E-state index contributed by atoms with van der Waals surface area (Å²) in [5, 5.41) is 20.4. The van der Waals surface area contributed by atoms with Crippen LogP contribution in [-0.2, 0) is 6.54 Å². The molecule has 0 radical (unpaired) electrons. The van der Waals surface area contributed by atoms with Gasteiger partial charge in [0, 0.05) is 6.54 Å². The molecule has 2 heterocycles. The number of nitrogens with two attached hydrogens (primary N) is 1. The zero-order chi connectivity index (χ0) is 14.0. The second-order valence-electron chi connectivity index (χ2n) is 4.13. The first-order chi connectivity index (χ1) is 9.04. The fourth-order valence-electron chi connectivity index (χ4n) is 1.75. The number of rotatable bonds is 4. The predicted molar refractivity (Wildman–Crippen MR) is 67.1 cm³/mol. The summed E-state index contributed by atoms with van der Waals surface area (Å²) < 4.78 is 1.57. The summed E-state index contributed by atoms with van der Waals surface area (Å²) >= 11 is 0. The molecule has 0 saturated heterocycles. The van der Waals surface area contributed by atoms with E-state index in [2.05, 4.69) is 31.0 Å². The fraction of sp³-hybridized carbons (Fsp3) is 0.500. The van der Waals surface area contributed by atoms with Crippen LogP contribution < -0.4 is 11.1 Å². The summed E-state index contributed by atoms with van der Waals surface area (Å²) in [5.41, 5.74) is 7.26. The lowest BCUT2D eigenvalue weighted by molar-refractivity contribution is 0.0928. The number of anilines is 1. The zero-order valence-corrected chi connectivity index (χ0v) is 11.0. The van der Waals surface area contributed by atoms with E-state index >= 15 is 0 Å². The van der Waals surface area contributed by atoms with Gasteiger partial charge in [-0.3, -0.25) is 9.48 Å². The van der Waals surface area contributed by atoms with E-state index in [0.29, 0.717) is 29.4 Å². The van der Waals surface area contributed by atoms with Gasteiger partial charge in [0.2, 0.25) is 0 Å². The lowest BCUT2D eigenvalue weighted by Crippen LogP contribution is -2.30. The molecule has 0 spiro atoms. The number of hydrogen-bond donors (Lipinski definition) is 3. The van der Waals surface area contributed by atoms with Crippen molar-refractivity contribution in [3.63, 3.8) is 0 Å². The number of aromatic amines is 1. The first kappa shape index (κ1) is 13.0. The van der Waals surface area contributed by atoms with Gasteiger partial charge in [0.05, 0.1) is 17.4 Å². The molecule has 2 aromatic rings. The average Bonchev–Trinajstić information content (AvgIpc) is 2.98. The summed E-state index contributed by atoms with van der Waals surface area (Å²) in [6.45, 7) is 5.99. The Morgan fingerprint density at radius 3 is 2.89 bits per heavy atom. The number of amides is 1. The first-order valence-electron chi connectivity index (χ1n) is 5.91. The first-order valence-corrected chi connectivity index (χ1v) is 5.91. The van der Waals surface area contributed by atoms with Gasteiger partial charge in [-0.15, -0.1) is 10.2 Å². The molecule has 102 valence electrons. The molecule has 0 aliphatic carbocycles. The van der Waals surface area contributed by atoms with Crippen molar-refractivity contribution in [1.29, 1.82) is 0 Å². The highest BCUT2D eigenvalue weighted by Gasteiger charge is 2.22. The molecule has 1 amide bonds. The quantitative estimate of drug-likeness (QED) is 0.701. The molecule has 19 heavy (non-hydrogen) atoms. The number of aryl methyl sites for hydroxylation is 2. The number of H-pyrrole nitrogens is 1. The molecule has 0 aliphatic heterocycles. The van der Waals surface area contributed by atoms with E-state index in [9.17, 15) is 4.79 Å². The van der Waals surface area contributed by atoms with Crippen molar-refractivity contribution in [3.8, 4) is 0 Å². The molecule has 9 heteroatoms. The highest BCUT2D eigenvalue weighted by molar-refractivity contribution is 5.98. The third-order valence-corrected chi connectivity index (χ3v) is 2.78. The van der Waals surface area contributed by atoms with Crippen molar-refractivity contribution in [2.45, 2.75) is 33.4 Å². The Bertz CT molecular complexity index is 573. The largest absolute Gasteiger partial charge is 0.395 e. The molecular formula is C10H16N8O. The Morgan fingerprint density at radius 1 is 1.58 bits per heavy atom. The standard InChI is InChI=1S/C10H16N8O/c1-4-18-8(7(11)5(2)15-18)10(19)12-6(3)9-13-16-17-14-9/h6H,4,11H2,1-3H3,(H,12,19)(H,13,14,16,17). The maximum Gasteiger partial charge on any atom is 0.272 e. The van der Waals surface area contributed by atoms with Crippen molar-refractivity contribution in [1.82, 2.24) is 35.7 Å². The number of nitrogen functional groups attached to an aromatic ring is 1. The van der Waals surface area contributed by atoms with Gasteiger partial charge in [0.1, 0.15) is 5.69 Å². The van der Waals surface area contributed by atoms with Gasteiger partial charge in [-0.05, 0) is 20.8 Å². The molecule has 0 aromatic carbocycles. The molecule has 0 aliphatic rings. The highest BCUT2D eigenvalue weighted by atomic mass is 16.2. The minimum atomic E-state index is -0.369. The number of aromatic nitrogens is 6. The van der Waals surface area contributed by atoms with Crippen LogP contribution in [0.3, 0.4) is 0 Å². The smallest absolute Gasteiger partial charge is 0.272 e. The molecule has 1 atom stereocenters. The van der Waals surface area contributed by atoms with Crippen molar-refractivity contribution in [2.24, 2.45) is 0 Å². The third-order valence-electron chi connectivity index (χ3n) is 2.78. The number of nitrogens with zero attached hydrogens (tertiary/aromatic N) is 5. The van der Waals surface area contributed by atoms with E-state index in [1.54, 1.807) is 18.5 Å². The van der Waals surface area contributed by atoms with Gasteiger partial charge in [-0.1, -0.05) is 5.21 Å². The van der Waals surface area contributed by atoms with Crippen molar-refractivity contribution >= 4 is 11.6 Å². The van der Waals surface area contributed by atoms with E-state index < -0.39 is 0 Å². The van der Waals surface area contributed by atoms with Crippen LogP contribution in [0.15, 0.2) is 0 Å². The number of hydrogen-bond acceptors (Lipinski definition) is 6. The van der Waals surface area contributed by atoms with Crippen molar-refractivity contribution in [3.05, 3.63) is 17.2 Å². The number of carbonyl (C=O) groups is 1. The van der Waals surface area contributed by atoms with Crippen LogP contribution in [0.4, 0.5) is 5.69 Å². The maximum atomic E-state index is 12.2. The summed E-state index contributed by atoms with van der Waals surface area (Å²) in [6, 6.07) is -0.369. The van der Waals surface area contributed by atoms with Crippen LogP contribution in [-0.4, -0.2) is 36.3 Å². The molecule has 2 aromatic heterocycles. The Balaban J connectivity index is 2.21. The van der Waals surface area contributed by atoms with Crippen LogP contribution in [0, 0.1) is 6.92 Å². The number of carbonyl (C=O) groups excluding carboxylic acids is 1. The van der Waals surface area contributed by atoms with Crippen LogP contribution in [0.25, 0.3) is 0 Å². The molecule has 0 bridgehead atoms. The van der Waals surface area contributed by atoms with E-state index in [1.807, 2.05) is 6.92 Å². The molecule has 1 unspecified atom stereocenters. The number of nitrogens with one attached hydrogen (secondary N) is 2. The number of tetrazole rings is 1. The van der Waals surface area contributed by atoms with Crippen LogP contribution >= 0.6 is 0 Å². The highest BCUT2D eigenvalue weighted by Crippen LogP contribution is 2.17. The normalized spacial score (nSPS) is 12.4.